The third kappa shape index (κ3) is 4.55. The zero-order valence-corrected chi connectivity index (χ0v) is 17.9. The normalized spacial score (nSPS) is 18.5. The first-order chi connectivity index (χ1) is 13.2. The number of benzene rings is 1. The Morgan fingerprint density at radius 1 is 1.29 bits per heavy atom. The predicted octanol–water partition coefficient (Wildman–Crippen LogP) is 3.04. The first-order valence-corrected chi connectivity index (χ1v) is 12.0. The molecule has 0 aliphatic carbocycles. The molecule has 1 aromatic heterocycles. The standard InChI is InChI=1S/C20H25NO5S2/c1-13(2)10-21(15-8-9-28(24,25)12-15)18(22)11-26-20(23)19-14(3)16-6-4-5-7-17(16)27-19/h4-7,13,15H,8-12H2,1-3H3/t15-/m1/s1. The van der Waals surface area contributed by atoms with Crippen LogP contribution in [0.4, 0.5) is 0 Å². The lowest BCUT2D eigenvalue weighted by molar-refractivity contribution is -0.137. The van der Waals surface area contributed by atoms with E-state index in [1.54, 1.807) is 4.90 Å². The van der Waals surface area contributed by atoms with Crippen molar-refractivity contribution in [2.75, 3.05) is 24.7 Å². The number of esters is 1. The molecule has 0 radical (unpaired) electrons. The lowest BCUT2D eigenvalue weighted by atomic mass is 10.1. The highest BCUT2D eigenvalue weighted by molar-refractivity contribution is 7.91. The summed E-state index contributed by atoms with van der Waals surface area (Å²) in [5, 5.41) is 1.00. The van der Waals surface area contributed by atoms with Crippen LogP contribution in [0, 0.1) is 12.8 Å². The van der Waals surface area contributed by atoms with Gasteiger partial charge in [-0.15, -0.1) is 11.3 Å². The number of nitrogens with zero attached hydrogens (tertiary/aromatic N) is 1. The van der Waals surface area contributed by atoms with Gasteiger partial charge in [0, 0.05) is 17.3 Å². The van der Waals surface area contributed by atoms with Gasteiger partial charge in [-0.05, 0) is 36.3 Å². The van der Waals surface area contributed by atoms with Crippen molar-refractivity contribution in [1.82, 2.24) is 4.90 Å². The van der Waals surface area contributed by atoms with Gasteiger partial charge in [0.05, 0.1) is 11.5 Å². The fourth-order valence-corrected chi connectivity index (χ4v) is 6.35. The van der Waals surface area contributed by atoms with E-state index in [-0.39, 0.29) is 36.0 Å². The maximum absolute atomic E-state index is 12.7. The quantitative estimate of drug-likeness (QED) is 0.667. The lowest BCUT2D eigenvalue weighted by Crippen LogP contribution is -2.45. The van der Waals surface area contributed by atoms with Crippen molar-refractivity contribution in [2.24, 2.45) is 5.92 Å². The van der Waals surface area contributed by atoms with Crippen LogP contribution in [0.2, 0.25) is 0 Å². The number of ether oxygens (including phenoxy) is 1. The van der Waals surface area contributed by atoms with E-state index in [1.165, 1.54) is 11.3 Å². The average Bonchev–Trinajstić information content (AvgIpc) is 3.17. The van der Waals surface area contributed by atoms with E-state index in [0.29, 0.717) is 17.8 Å². The summed E-state index contributed by atoms with van der Waals surface area (Å²) >= 11 is 1.35. The van der Waals surface area contributed by atoms with Gasteiger partial charge in [0.15, 0.2) is 16.4 Å². The molecule has 1 amide bonds. The molecule has 1 fully saturated rings. The van der Waals surface area contributed by atoms with Gasteiger partial charge in [0.25, 0.3) is 5.91 Å². The van der Waals surface area contributed by atoms with E-state index in [9.17, 15) is 18.0 Å². The fourth-order valence-electron chi connectivity index (χ4n) is 3.51. The van der Waals surface area contributed by atoms with E-state index >= 15 is 0 Å². The van der Waals surface area contributed by atoms with Crippen LogP contribution in [-0.2, 0) is 19.4 Å². The molecule has 0 unspecified atom stereocenters. The highest BCUT2D eigenvalue weighted by Crippen LogP contribution is 2.31. The van der Waals surface area contributed by atoms with Gasteiger partial charge in [-0.2, -0.15) is 0 Å². The smallest absolute Gasteiger partial charge is 0.349 e. The Morgan fingerprint density at radius 2 is 2.00 bits per heavy atom. The van der Waals surface area contributed by atoms with Crippen molar-refractivity contribution in [1.29, 1.82) is 0 Å². The summed E-state index contributed by atoms with van der Waals surface area (Å²) < 4.78 is 29.9. The number of fused-ring (bicyclic) bond motifs is 1. The van der Waals surface area contributed by atoms with E-state index in [4.69, 9.17) is 4.74 Å². The number of rotatable bonds is 6. The van der Waals surface area contributed by atoms with Gasteiger partial charge in [-0.3, -0.25) is 4.79 Å². The zero-order valence-electron chi connectivity index (χ0n) is 16.3. The number of sulfone groups is 1. The van der Waals surface area contributed by atoms with E-state index < -0.39 is 15.8 Å². The monoisotopic (exact) mass is 423 g/mol. The molecule has 28 heavy (non-hydrogen) atoms. The minimum absolute atomic E-state index is 0.0190. The summed E-state index contributed by atoms with van der Waals surface area (Å²) in [6, 6.07) is 7.38. The topological polar surface area (TPSA) is 80.8 Å². The van der Waals surface area contributed by atoms with Crippen LogP contribution in [0.15, 0.2) is 24.3 Å². The van der Waals surface area contributed by atoms with Gasteiger partial charge in [0.1, 0.15) is 4.88 Å². The van der Waals surface area contributed by atoms with Gasteiger partial charge >= 0.3 is 5.97 Å². The highest BCUT2D eigenvalue weighted by atomic mass is 32.2. The maximum Gasteiger partial charge on any atom is 0.349 e. The van der Waals surface area contributed by atoms with Crippen LogP contribution >= 0.6 is 11.3 Å². The minimum atomic E-state index is -3.10. The lowest BCUT2D eigenvalue weighted by Gasteiger charge is -2.29. The Hall–Kier alpha value is -1.93. The first kappa shape index (κ1) is 20.8. The molecule has 152 valence electrons. The Bertz CT molecular complexity index is 993. The number of hydrogen-bond donors (Lipinski definition) is 0. The summed E-state index contributed by atoms with van der Waals surface area (Å²) in [7, 11) is -3.10. The van der Waals surface area contributed by atoms with Crippen molar-refractivity contribution in [3.63, 3.8) is 0 Å². The maximum atomic E-state index is 12.7. The summed E-state index contributed by atoms with van der Waals surface area (Å²) in [5.74, 6) is -0.596. The van der Waals surface area contributed by atoms with Crippen molar-refractivity contribution in [3.8, 4) is 0 Å². The molecule has 2 aromatic rings. The van der Waals surface area contributed by atoms with Crippen LogP contribution < -0.4 is 0 Å². The summed E-state index contributed by atoms with van der Waals surface area (Å²) in [5.41, 5.74) is 0.846. The van der Waals surface area contributed by atoms with Crippen LogP contribution in [-0.4, -0.2) is 55.9 Å². The Labute approximate surface area is 169 Å². The van der Waals surface area contributed by atoms with Crippen molar-refractivity contribution < 1.29 is 22.7 Å². The molecule has 3 rings (SSSR count). The van der Waals surface area contributed by atoms with E-state index in [1.807, 2.05) is 45.0 Å². The Balaban J connectivity index is 1.69. The molecule has 0 saturated carbocycles. The number of thiophene rings is 1. The molecule has 1 aliphatic heterocycles. The third-order valence-corrected chi connectivity index (χ3v) is 7.89. The Kier molecular flexibility index (Phi) is 6.09. The molecule has 1 aliphatic rings. The molecule has 0 bridgehead atoms. The van der Waals surface area contributed by atoms with Crippen molar-refractivity contribution in [2.45, 2.75) is 33.2 Å². The molecule has 0 N–H and O–H groups in total. The van der Waals surface area contributed by atoms with E-state index in [2.05, 4.69) is 0 Å². The zero-order chi connectivity index (χ0) is 20.5. The van der Waals surface area contributed by atoms with Gasteiger partial charge in [0.2, 0.25) is 0 Å². The van der Waals surface area contributed by atoms with Gasteiger partial charge in [-0.1, -0.05) is 32.0 Å². The first-order valence-electron chi connectivity index (χ1n) is 9.33. The second-order valence-electron chi connectivity index (χ2n) is 7.63. The summed E-state index contributed by atoms with van der Waals surface area (Å²) in [4.78, 5) is 27.3. The largest absolute Gasteiger partial charge is 0.451 e. The third-order valence-electron chi connectivity index (χ3n) is 4.89. The van der Waals surface area contributed by atoms with Crippen LogP contribution in [0.1, 0.15) is 35.5 Å². The summed E-state index contributed by atoms with van der Waals surface area (Å²) in [6.07, 6.45) is 0.435. The average molecular weight is 424 g/mol. The van der Waals surface area contributed by atoms with E-state index in [0.717, 1.165) is 15.6 Å². The SMILES string of the molecule is Cc1c(C(=O)OCC(=O)N(CC(C)C)[C@@H]2CCS(=O)(=O)C2)sc2ccccc12. The molecule has 6 nitrogen and oxygen atoms in total. The van der Waals surface area contributed by atoms with Crippen LogP contribution in [0.25, 0.3) is 10.1 Å². The number of hydrogen-bond acceptors (Lipinski definition) is 6. The molecule has 2 heterocycles. The van der Waals surface area contributed by atoms with Crippen molar-refractivity contribution in [3.05, 3.63) is 34.7 Å². The molecule has 1 saturated heterocycles. The second kappa shape index (κ2) is 8.21. The van der Waals surface area contributed by atoms with Crippen LogP contribution in [0.3, 0.4) is 0 Å². The number of amides is 1. The Morgan fingerprint density at radius 3 is 2.61 bits per heavy atom. The summed E-state index contributed by atoms with van der Waals surface area (Å²) in [6.45, 7) is 5.87. The molecule has 8 heteroatoms. The molecule has 0 spiro atoms. The minimum Gasteiger partial charge on any atom is -0.451 e. The predicted molar refractivity (Wildman–Crippen MR) is 110 cm³/mol. The molecule has 1 aromatic carbocycles. The van der Waals surface area contributed by atoms with Crippen LogP contribution in [0.5, 0.6) is 0 Å². The fraction of sp³-hybridized carbons (Fsp3) is 0.500. The number of carbonyl (C=O) groups is 2. The molecule has 1 atom stereocenters. The number of carbonyl (C=O) groups excluding carboxylic acids is 2. The van der Waals surface area contributed by atoms with Gasteiger partial charge < -0.3 is 9.64 Å². The van der Waals surface area contributed by atoms with Gasteiger partial charge in [-0.25, -0.2) is 13.2 Å². The molecular weight excluding hydrogens is 398 g/mol. The van der Waals surface area contributed by atoms with Crippen molar-refractivity contribution >= 4 is 43.1 Å². The number of aryl methyl sites for hydroxylation is 1. The highest BCUT2D eigenvalue weighted by Gasteiger charge is 2.35. The molecular formula is C20H25NO5S2. The second-order valence-corrected chi connectivity index (χ2v) is 10.9.